The van der Waals surface area contributed by atoms with Gasteiger partial charge in [0.05, 0.1) is 32.0 Å². The fraction of sp³-hybridized carbons (Fsp3) is 0.721. The van der Waals surface area contributed by atoms with Crippen molar-refractivity contribution in [3.63, 3.8) is 0 Å². The molecule has 2 fully saturated rings. The summed E-state index contributed by atoms with van der Waals surface area (Å²) in [5.41, 5.74) is 0. The van der Waals surface area contributed by atoms with Gasteiger partial charge in [0.2, 0.25) is 5.91 Å². The van der Waals surface area contributed by atoms with Gasteiger partial charge < -0.3 is 65.1 Å². The number of nitrogens with one attached hydrogen (secondary N) is 1. The first-order valence-electron chi connectivity index (χ1n) is 32.1. The van der Waals surface area contributed by atoms with Crippen molar-refractivity contribution in [1.29, 1.82) is 0 Å². The monoisotopic (exact) mass is 1150 g/mol. The molecule has 0 saturated carbocycles. The summed E-state index contributed by atoms with van der Waals surface area (Å²) in [7, 11) is 0. The second-order valence-corrected chi connectivity index (χ2v) is 22.1. The minimum absolute atomic E-state index is 0.253. The van der Waals surface area contributed by atoms with E-state index in [0.29, 0.717) is 12.8 Å². The molecule has 0 aromatic rings. The van der Waals surface area contributed by atoms with Crippen molar-refractivity contribution in [3.8, 4) is 0 Å². The number of allylic oxidation sites excluding steroid dienone is 17. The number of amides is 1. The second kappa shape index (κ2) is 52.0. The zero-order valence-corrected chi connectivity index (χ0v) is 50.7. The largest absolute Gasteiger partial charge is 0.394 e. The molecule has 14 nitrogen and oxygen atoms in total. The number of carbonyl (C=O) groups is 1. The molecule has 0 aliphatic carbocycles. The molecule has 82 heavy (non-hydrogen) atoms. The Hall–Kier alpha value is -3.35. The number of hydrogen-bond donors (Lipinski definition) is 9. The Morgan fingerprint density at radius 2 is 0.854 bits per heavy atom. The third-order valence-corrected chi connectivity index (χ3v) is 14.9. The average Bonchev–Trinajstić information content (AvgIpc) is 3.65. The van der Waals surface area contributed by atoms with Gasteiger partial charge >= 0.3 is 0 Å². The van der Waals surface area contributed by atoms with E-state index in [-0.39, 0.29) is 18.9 Å². The zero-order chi connectivity index (χ0) is 59.5. The van der Waals surface area contributed by atoms with Crippen LogP contribution in [0.1, 0.15) is 219 Å². The van der Waals surface area contributed by atoms with E-state index in [2.05, 4.69) is 116 Å². The van der Waals surface area contributed by atoms with Crippen LogP contribution in [0.5, 0.6) is 0 Å². The molecule has 14 heteroatoms. The van der Waals surface area contributed by atoms with Gasteiger partial charge in [-0.15, -0.1) is 0 Å². The quantitative estimate of drug-likeness (QED) is 0.0204. The number of carbonyl (C=O) groups excluding carboxylic acids is 1. The van der Waals surface area contributed by atoms with Crippen molar-refractivity contribution in [2.75, 3.05) is 19.8 Å². The van der Waals surface area contributed by atoms with Crippen LogP contribution < -0.4 is 5.32 Å². The van der Waals surface area contributed by atoms with Crippen molar-refractivity contribution in [1.82, 2.24) is 5.32 Å². The highest BCUT2D eigenvalue weighted by Crippen LogP contribution is 2.30. The van der Waals surface area contributed by atoms with Crippen LogP contribution in [0.15, 0.2) is 109 Å². The summed E-state index contributed by atoms with van der Waals surface area (Å²) < 4.78 is 22.8. The van der Waals surface area contributed by atoms with E-state index in [1.165, 1.54) is 83.5 Å². The fourth-order valence-electron chi connectivity index (χ4n) is 9.82. The number of unbranched alkanes of at least 4 members (excludes halogenated alkanes) is 21. The van der Waals surface area contributed by atoms with Crippen molar-refractivity contribution in [3.05, 3.63) is 109 Å². The molecule has 12 atom stereocenters. The van der Waals surface area contributed by atoms with Gasteiger partial charge in [0.15, 0.2) is 12.6 Å². The van der Waals surface area contributed by atoms with E-state index in [1.54, 1.807) is 6.08 Å². The first-order chi connectivity index (χ1) is 40.1. The molecule has 2 heterocycles. The van der Waals surface area contributed by atoms with Gasteiger partial charge in [-0.2, -0.15) is 0 Å². The van der Waals surface area contributed by atoms with E-state index >= 15 is 0 Å². The summed E-state index contributed by atoms with van der Waals surface area (Å²) in [6, 6.07) is -0.946. The Kier molecular flexibility index (Phi) is 47.4. The lowest BCUT2D eigenvalue weighted by Gasteiger charge is -2.46. The van der Waals surface area contributed by atoms with E-state index < -0.39 is 86.8 Å². The summed E-state index contributed by atoms with van der Waals surface area (Å²) >= 11 is 0. The lowest BCUT2D eigenvalue weighted by molar-refractivity contribution is -0.359. The molecule has 1 amide bonds. The smallest absolute Gasteiger partial charge is 0.220 e. The molecule has 2 saturated heterocycles. The Morgan fingerprint density at radius 3 is 1.34 bits per heavy atom. The SMILES string of the molecule is CC/C=C\C/C=C\C/C=C\C/C=C\C/C=C\C/C=C\C/C=C\CCCCCCCCCC(=O)NC(COC1OC(CO)C(OC2OC(CO)C(O)C(O)C2O)C(O)C1O)C(O)/C=C/CC/C=C/CCCCCCCCCCCCCCC. The maximum Gasteiger partial charge on any atom is 0.220 e. The molecule has 2 rings (SSSR count). The summed E-state index contributed by atoms with van der Waals surface area (Å²) in [6.45, 7) is 2.66. The first kappa shape index (κ1) is 74.7. The minimum atomic E-state index is -1.80. The highest BCUT2D eigenvalue weighted by Gasteiger charge is 2.51. The molecule has 0 spiro atoms. The molecular weight excluding hydrogens is 1040 g/mol. The molecule has 9 N–H and O–H groups in total. The van der Waals surface area contributed by atoms with Crippen LogP contribution in [0.3, 0.4) is 0 Å². The fourth-order valence-corrected chi connectivity index (χ4v) is 9.82. The Labute approximate surface area is 495 Å². The third-order valence-electron chi connectivity index (χ3n) is 14.9. The highest BCUT2D eigenvalue weighted by atomic mass is 16.7. The van der Waals surface area contributed by atoms with Crippen LogP contribution in [-0.2, 0) is 23.7 Å². The van der Waals surface area contributed by atoms with Crippen molar-refractivity contribution < 1.29 is 64.6 Å². The summed E-state index contributed by atoms with van der Waals surface area (Å²) in [5.74, 6) is -0.265. The Bertz CT molecular complexity index is 1790. The van der Waals surface area contributed by atoms with Crippen LogP contribution in [0.4, 0.5) is 0 Å². The second-order valence-electron chi connectivity index (χ2n) is 22.1. The van der Waals surface area contributed by atoms with Crippen LogP contribution in [0.2, 0.25) is 0 Å². The van der Waals surface area contributed by atoms with E-state index in [0.717, 1.165) is 103 Å². The molecule has 0 aromatic carbocycles. The Balaban J connectivity index is 1.75. The lowest BCUT2D eigenvalue weighted by atomic mass is 9.97. The lowest BCUT2D eigenvalue weighted by Crippen LogP contribution is -2.65. The Morgan fingerprint density at radius 1 is 0.451 bits per heavy atom. The molecule has 12 unspecified atom stereocenters. The summed E-state index contributed by atoms with van der Waals surface area (Å²) in [4.78, 5) is 13.3. The number of aliphatic hydroxyl groups is 8. The molecule has 0 bridgehead atoms. The minimum Gasteiger partial charge on any atom is -0.394 e. The predicted molar refractivity (Wildman–Crippen MR) is 332 cm³/mol. The van der Waals surface area contributed by atoms with Crippen LogP contribution in [-0.4, -0.2) is 140 Å². The van der Waals surface area contributed by atoms with Crippen LogP contribution in [0.25, 0.3) is 0 Å². The summed E-state index contributed by atoms with van der Waals surface area (Å²) in [6.07, 6.45) is 56.9. The highest BCUT2D eigenvalue weighted by molar-refractivity contribution is 5.76. The standard InChI is InChI=1S/C68H115NO13/c1-3-5-7-9-11-13-15-17-19-21-23-24-25-26-27-28-29-30-31-32-34-36-38-40-42-44-46-48-50-52-60(73)69-56(57(72)51-49-47-45-43-41-39-37-35-33-22-20-18-16-14-12-10-8-6-4-2)55-79-67-65(78)63(76)66(59(54-71)81-67)82-68-64(77)62(75)61(74)58(53-70)80-68/h5,7,11,13,17,19,23-24,26-27,29-30,32,34,41,43,49,51,56-59,61-68,70-72,74-78H,3-4,6,8-10,12,14-16,18,20-22,25,28,31,33,35-40,42,44-48,50,52-55H2,1-2H3,(H,69,73)/b7-5-,13-11-,19-17-,24-23-,27-26-,30-29-,34-32-,43-41+,51-49+. The molecule has 0 radical (unpaired) electrons. The van der Waals surface area contributed by atoms with Gasteiger partial charge in [0, 0.05) is 6.42 Å². The van der Waals surface area contributed by atoms with E-state index in [1.807, 2.05) is 6.08 Å². The summed E-state index contributed by atoms with van der Waals surface area (Å²) in [5, 5.41) is 87.2. The average molecular weight is 1150 g/mol. The van der Waals surface area contributed by atoms with Crippen molar-refractivity contribution in [2.24, 2.45) is 0 Å². The van der Waals surface area contributed by atoms with E-state index in [4.69, 9.17) is 18.9 Å². The van der Waals surface area contributed by atoms with Gasteiger partial charge in [-0.25, -0.2) is 0 Å². The third kappa shape index (κ3) is 36.5. The van der Waals surface area contributed by atoms with Crippen molar-refractivity contribution >= 4 is 5.91 Å². The normalized spacial score (nSPS) is 24.7. The number of hydrogen-bond acceptors (Lipinski definition) is 13. The van der Waals surface area contributed by atoms with Gasteiger partial charge in [0.25, 0.3) is 0 Å². The number of aliphatic hydroxyl groups excluding tert-OH is 8. The number of ether oxygens (including phenoxy) is 4. The maximum absolute atomic E-state index is 13.3. The zero-order valence-electron chi connectivity index (χ0n) is 50.7. The molecule has 2 aliphatic rings. The van der Waals surface area contributed by atoms with E-state index in [9.17, 15) is 45.6 Å². The van der Waals surface area contributed by atoms with Crippen molar-refractivity contribution in [2.45, 2.75) is 293 Å². The predicted octanol–water partition coefficient (Wildman–Crippen LogP) is 12.0. The van der Waals surface area contributed by atoms with Crippen LogP contribution >= 0.6 is 0 Å². The molecular formula is C68H115NO13. The first-order valence-corrected chi connectivity index (χ1v) is 32.1. The van der Waals surface area contributed by atoms with Gasteiger partial charge in [-0.1, -0.05) is 232 Å². The van der Waals surface area contributed by atoms with Gasteiger partial charge in [-0.05, 0) is 89.9 Å². The van der Waals surface area contributed by atoms with Gasteiger partial charge in [-0.3, -0.25) is 4.79 Å². The number of rotatable bonds is 50. The molecule has 2 aliphatic heterocycles. The van der Waals surface area contributed by atoms with Gasteiger partial charge in [0.1, 0.15) is 48.8 Å². The molecule has 470 valence electrons. The molecule has 0 aromatic heterocycles. The van der Waals surface area contributed by atoms with Crippen LogP contribution in [0, 0.1) is 0 Å². The topological polar surface area (TPSA) is 228 Å². The maximum atomic E-state index is 13.3.